The smallest absolute Gasteiger partial charge is 0.335 e. The molecule has 0 spiro atoms. The number of aromatic carboxylic acids is 1. The van der Waals surface area contributed by atoms with Crippen LogP contribution in [0, 0.1) is 0 Å². The van der Waals surface area contributed by atoms with E-state index in [1.54, 1.807) is 18.2 Å². The number of nitrogens with two attached hydrogens (primary N) is 1. The van der Waals surface area contributed by atoms with Gasteiger partial charge in [-0.1, -0.05) is 18.2 Å². The fourth-order valence-electron chi connectivity index (χ4n) is 1.23. The lowest BCUT2D eigenvalue weighted by Gasteiger charge is -2.08. The third-order valence-electron chi connectivity index (χ3n) is 2.00. The minimum Gasteiger partial charge on any atom is -0.480 e. The molecule has 0 saturated heterocycles. The van der Waals surface area contributed by atoms with Gasteiger partial charge in [0, 0.05) is 0 Å². The third-order valence-corrected chi connectivity index (χ3v) is 2.00. The SMILES string of the molecule is N[C@@H](Cc1ccccc1C(=O)O)C(=O)O. The van der Waals surface area contributed by atoms with E-state index in [1.165, 1.54) is 6.07 Å². The van der Waals surface area contributed by atoms with Crippen molar-refractivity contribution in [3.8, 4) is 0 Å². The van der Waals surface area contributed by atoms with Crippen molar-refractivity contribution in [2.75, 3.05) is 0 Å². The largest absolute Gasteiger partial charge is 0.480 e. The number of carboxylic acid groups (broad SMARTS) is 2. The van der Waals surface area contributed by atoms with E-state index in [2.05, 4.69) is 0 Å². The number of rotatable bonds is 4. The Balaban J connectivity index is 2.94. The Labute approximate surface area is 86.1 Å². The van der Waals surface area contributed by atoms with E-state index >= 15 is 0 Å². The first kappa shape index (κ1) is 11.2. The van der Waals surface area contributed by atoms with Crippen LogP contribution in [0.1, 0.15) is 15.9 Å². The van der Waals surface area contributed by atoms with Gasteiger partial charge in [0.15, 0.2) is 0 Å². The predicted octanol–water partition coefficient (Wildman–Crippen LogP) is 0.339. The van der Waals surface area contributed by atoms with E-state index in [0.717, 1.165) is 0 Å². The summed E-state index contributed by atoms with van der Waals surface area (Å²) in [7, 11) is 0. The average Bonchev–Trinajstić information content (AvgIpc) is 2.18. The molecule has 0 aliphatic heterocycles. The minimum absolute atomic E-state index is 0.0117. The standard InChI is InChI=1S/C10H11NO4/c11-8(10(14)15)5-6-3-1-2-4-7(6)9(12)13/h1-4,8H,5,11H2,(H,12,13)(H,14,15)/t8-/m0/s1. The maximum absolute atomic E-state index is 10.8. The molecule has 1 rings (SSSR count). The van der Waals surface area contributed by atoms with Crippen LogP contribution in [-0.2, 0) is 11.2 Å². The van der Waals surface area contributed by atoms with Gasteiger partial charge in [-0.15, -0.1) is 0 Å². The Hall–Kier alpha value is -1.88. The molecule has 0 unspecified atom stereocenters. The second kappa shape index (κ2) is 4.56. The fraction of sp³-hybridized carbons (Fsp3) is 0.200. The number of carbonyl (C=O) groups is 2. The van der Waals surface area contributed by atoms with Gasteiger partial charge in [0.2, 0.25) is 0 Å². The summed E-state index contributed by atoms with van der Waals surface area (Å²) in [6, 6.07) is 5.14. The average molecular weight is 209 g/mol. The van der Waals surface area contributed by atoms with E-state index in [0.29, 0.717) is 5.56 Å². The molecule has 80 valence electrons. The second-order valence-electron chi connectivity index (χ2n) is 3.11. The molecular weight excluding hydrogens is 198 g/mol. The monoisotopic (exact) mass is 209 g/mol. The molecule has 0 saturated carbocycles. The Morgan fingerprint density at radius 2 is 1.87 bits per heavy atom. The fourth-order valence-corrected chi connectivity index (χ4v) is 1.23. The molecule has 5 heteroatoms. The normalized spacial score (nSPS) is 12.1. The van der Waals surface area contributed by atoms with E-state index in [4.69, 9.17) is 15.9 Å². The van der Waals surface area contributed by atoms with Crippen molar-refractivity contribution in [3.63, 3.8) is 0 Å². The van der Waals surface area contributed by atoms with E-state index < -0.39 is 18.0 Å². The van der Waals surface area contributed by atoms with Crippen molar-refractivity contribution < 1.29 is 19.8 Å². The van der Waals surface area contributed by atoms with Crippen LogP contribution >= 0.6 is 0 Å². The molecule has 0 radical (unpaired) electrons. The summed E-state index contributed by atoms with van der Waals surface area (Å²) in [5, 5.41) is 17.4. The number of carboxylic acids is 2. The molecule has 0 aliphatic carbocycles. The van der Waals surface area contributed by atoms with Crippen LogP contribution in [0.25, 0.3) is 0 Å². The second-order valence-corrected chi connectivity index (χ2v) is 3.11. The number of aliphatic carboxylic acids is 1. The molecular formula is C10H11NO4. The van der Waals surface area contributed by atoms with Crippen LogP contribution in [0.15, 0.2) is 24.3 Å². The summed E-state index contributed by atoms with van der Waals surface area (Å²) in [5.74, 6) is -2.22. The zero-order valence-electron chi connectivity index (χ0n) is 7.88. The first-order valence-electron chi connectivity index (χ1n) is 4.32. The van der Waals surface area contributed by atoms with E-state index in [-0.39, 0.29) is 12.0 Å². The van der Waals surface area contributed by atoms with Gasteiger partial charge >= 0.3 is 11.9 Å². The Kier molecular flexibility index (Phi) is 3.41. The molecule has 0 bridgehead atoms. The summed E-state index contributed by atoms with van der Waals surface area (Å²) in [5.41, 5.74) is 5.85. The van der Waals surface area contributed by atoms with Crippen LogP contribution in [0.2, 0.25) is 0 Å². The highest BCUT2D eigenvalue weighted by molar-refractivity contribution is 5.89. The van der Waals surface area contributed by atoms with Crippen molar-refractivity contribution in [3.05, 3.63) is 35.4 Å². The quantitative estimate of drug-likeness (QED) is 0.663. The number of benzene rings is 1. The molecule has 0 amide bonds. The van der Waals surface area contributed by atoms with Gasteiger partial charge in [-0.05, 0) is 18.1 Å². The molecule has 5 nitrogen and oxygen atoms in total. The van der Waals surface area contributed by atoms with Crippen molar-refractivity contribution in [1.29, 1.82) is 0 Å². The topological polar surface area (TPSA) is 101 Å². The lowest BCUT2D eigenvalue weighted by molar-refractivity contribution is -0.138. The minimum atomic E-state index is -1.14. The lowest BCUT2D eigenvalue weighted by atomic mass is 10.0. The Morgan fingerprint density at radius 3 is 2.40 bits per heavy atom. The molecule has 0 fully saturated rings. The van der Waals surface area contributed by atoms with Gasteiger partial charge in [-0.3, -0.25) is 4.79 Å². The lowest BCUT2D eigenvalue weighted by Crippen LogP contribution is -2.32. The van der Waals surface area contributed by atoms with Gasteiger partial charge in [-0.2, -0.15) is 0 Å². The molecule has 0 aromatic heterocycles. The van der Waals surface area contributed by atoms with E-state index in [9.17, 15) is 9.59 Å². The summed E-state index contributed by atoms with van der Waals surface area (Å²) in [6.07, 6.45) is 0.0117. The van der Waals surface area contributed by atoms with Crippen molar-refractivity contribution in [1.82, 2.24) is 0 Å². The summed E-state index contributed by atoms with van der Waals surface area (Å²) in [6.45, 7) is 0. The highest BCUT2D eigenvalue weighted by atomic mass is 16.4. The number of hydrogen-bond acceptors (Lipinski definition) is 3. The molecule has 0 aliphatic rings. The van der Waals surface area contributed by atoms with Gasteiger partial charge < -0.3 is 15.9 Å². The van der Waals surface area contributed by atoms with Crippen LogP contribution in [0.4, 0.5) is 0 Å². The molecule has 1 aromatic rings. The Bertz CT molecular complexity index is 389. The summed E-state index contributed by atoms with van der Waals surface area (Å²) >= 11 is 0. The van der Waals surface area contributed by atoms with Gasteiger partial charge in [-0.25, -0.2) is 4.79 Å². The van der Waals surface area contributed by atoms with E-state index in [1.807, 2.05) is 0 Å². The summed E-state index contributed by atoms with van der Waals surface area (Å²) < 4.78 is 0. The van der Waals surface area contributed by atoms with Gasteiger partial charge in [0.25, 0.3) is 0 Å². The molecule has 4 N–H and O–H groups in total. The molecule has 15 heavy (non-hydrogen) atoms. The van der Waals surface area contributed by atoms with Crippen LogP contribution in [0.3, 0.4) is 0 Å². The van der Waals surface area contributed by atoms with Crippen molar-refractivity contribution in [2.45, 2.75) is 12.5 Å². The molecule has 1 aromatic carbocycles. The maximum Gasteiger partial charge on any atom is 0.335 e. The summed E-state index contributed by atoms with van der Waals surface area (Å²) in [4.78, 5) is 21.3. The third kappa shape index (κ3) is 2.78. The van der Waals surface area contributed by atoms with Crippen LogP contribution in [-0.4, -0.2) is 28.2 Å². The molecule has 1 atom stereocenters. The van der Waals surface area contributed by atoms with Crippen LogP contribution < -0.4 is 5.73 Å². The zero-order valence-corrected chi connectivity index (χ0v) is 7.88. The van der Waals surface area contributed by atoms with Crippen molar-refractivity contribution in [2.24, 2.45) is 5.73 Å². The zero-order chi connectivity index (χ0) is 11.4. The molecule has 0 heterocycles. The van der Waals surface area contributed by atoms with Gasteiger partial charge in [0.05, 0.1) is 5.56 Å². The van der Waals surface area contributed by atoms with Gasteiger partial charge in [0.1, 0.15) is 6.04 Å². The Morgan fingerprint density at radius 1 is 1.27 bits per heavy atom. The predicted molar refractivity (Wildman–Crippen MR) is 52.7 cm³/mol. The first-order valence-corrected chi connectivity index (χ1v) is 4.32. The van der Waals surface area contributed by atoms with Crippen LogP contribution in [0.5, 0.6) is 0 Å². The van der Waals surface area contributed by atoms with Crippen molar-refractivity contribution >= 4 is 11.9 Å². The first-order chi connectivity index (χ1) is 7.02. The highest BCUT2D eigenvalue weighted by Crippen LogP contribution is 2.10. The number of hydrogen-bond donors (Lipinski definition) is 3. The highest BCUT2D eigenvalue weighted by Gasteiger charge is 2.16. The maximum atomic E-state index is 10.8.